The van der Waals surface area contributed by atoms with Gasteiger partial charge in [-0.2, -0.15) is 0 Å². The number of aromatic carboxylic acids is 1. The Labute approximate surface area is 91.1 Å². The van der Waals surface area contributed by atoms with E-state index in [1.54, 1.807) is 0 Å². The van der Waals surface area contributed by atoms with E-state index in [1.807, 2.05) is 0 Å². The molecule has 5 nitrogen and oxygen atoms in total. The molecule has 0 radical (unpaired) electrons. The predicted octanol–water partition coefficient (Wildman–Crippen LogP) is 1.33. The zero-order valence-corrected chi connectivity index (χ0v) is 8.57. The van der Waals surface area contributed by atoms with Crippen LogP contribution in [-0.2, 0) is 4.74 Å². The Hall–Kier alpha value is -1.20. The lowest BCUT2D eigenvalue weighted by atomic mass is 10.1. The number of hydrogen-bond donors (Lipinski definition) is 1. The number of rotatable bonds is 2. The fraction of sp³-hybridized carbons (Fsp3) is 0.444. The number of ether oxygens (including phenoxy) is 1. The van der Waals surface area contributed by atoms with Crippen molar-refractivity contribution >= 4 is 17.6 Å². The third-order valence-electron chi connectivity index (χ3n) is 2.23. The maximum Gasteiger partial charge on any atom is 0.354 e. The molecule has 0 spiro atoms. The summed E-state index contributed by atoms with van der Waals surface area (Å²) in [6.45, 7) is 1.18. The third-order valence-corrected chi connectivity index (χ3v) is 2.42. The summed E-state index contributed by atoms with van der Waals surface area (Å²) in [5.41, 5.74) is -0.0723. The minimum absolute atomic E-state index is 0.0572. The van der Waals surface area contributed by atoms with Crippen molar-refractivity contribution in [3.8, 4) is 0 Å². The molecule has 1 unspecified atom stereocenters. The van der Waals surface area contributed by atoms with E-state index < -0.39 is 5.97 Å². The van der Waals surface area contributed by atoms with E-state index in [9.17, 15) is 4.79 Å². The molecule has 1 aliphatic heterocycles. The summed E-state index contributed by atoms with van der Waals surface area (Å²) in [6, 6.07) is 1.24. The topological polar surface area (TPSA) is 72.3 Å². The normalized spacial score (nSPS) is 20.5. The number of halogens is 1. The molecule has 1 aromatic heterocycles. The molecule has 2 heterocycles. The van der Waals surface area contributed by atoms with E-state index in [-0.39, 0.29) is 16.8 Å². The second-order valence-electron chi connectivity index (χ2n) is 3.30. The highest BCUT2D eigenvalue weighted by Gasteiger charge is 2.22. The number of aromatic nitrogens is 2. The van der Waals surface area contributed by atoms with Crippen LogP contribution in [0.4, 0.5) is 0 Å². The number of nitrogens with zero attached hydrogens (tertiary/aromatic N) is 2. The SMILES string of the molecule is O=C(O)c1cc(Cl)nc(C2CCOC2)n1. The monoisotopic (exact) mass is 228 g/mol. The average Bonchev–Trinajstić information content (AvgIpc) is 2.69. The van der Waals surface area contributed by atoms with Crippen LogP contribution in [0.25, 0.3) is 0 Å². The fourth-order valence-corrected chi connectivity index (χ4v) is 1.66. The van der Waals surface area contributed by atoms with Gasteiger partial charge in [0.05, 0.1) is 6.61 Å². The summed E-state index contributed by atoms with van der Waals surface area (Å²) in [4.78, 5) is 18.7. The Kier molecular flexibility index (Phi) is 2.83. The van der Waals surface area contributed by atoms with Gasteiger partial charge in [-0.25, -0.2) is 14.8 Å². The highest BCUT2D eigenvalue weighted by molar-refractivity contribution is 6.29. The first-order valence-corrected chi connectivity index (χ1v) is 4.90. The van der Waals surface area contributed by atoms with Gasteiger partial charge in [0.2, 0.25) is 0 Å². The highest BCUT2D eigenvalue weighted by atomic mass is 35.5. The largest absolute Gasteiger partial charge is 0.477 e. The van der Waals surface area contributed by atoms with Crippen LogP contribution in [0.2, 0.25) is 5.15 Å². The third kappa shape index (κ3) is 2.24. The van der Waals surface area contributed by atoms with Crippen molar-refractivity contribution in [1.29, 1.82) is 0 Å². The minimum atomic E-state index is -1.10. The Morgan fingerprint density at radius 3 is 3.00 bits per heavy atom. The van der Waals surface area contributed by atoms with Gasteiger partial charge in [0.1, 0.15) is 11.0 Å². The summed E-state index contributed by atoms with van der Waals surface area (Å²) in [7, 11) is 0. The molecule has 0 aromatic carbocycles. The van der Waals surface area contributed by atoms with Crippen molar-refractivity contribution < 1.29 is 14.6 Å². The fourth-order valence-electron chi connectivity index (χ4n) is 1.47. The Bertz CT molecular complexity index is 391. The van der Waals surface area contributed by atoms with Crippen LogP contribution in [0, 0.1) is 0 Å². The van der Waals surface area contributed by atoms with E-state index in [0.29, 0.717) is 19.0 Å². The molecule has 0 aliphatic carbocycles. The average molecular weight is 229 g/mol. The Morgan fingerprint density at radius 2 is 2.40 bits per heavy atom. The highest BCUT2D eigenvalue weighted by Crippen LogP contribution is 2.23. The van der Waals surface area contributed by atoms with E-state index in [1.165, 1.54) is 6.07 Å². The van der Waals surface area contributed by atoms with Gasteiger partial charge in [-0.05, 0) is 6.42 Å². The molecule has 0 saturated carbocycles. The second kappa shape index (κ2) is 4.12. The van der Waals surface area contributed by atoms with Gasteiger partial charge in [-0.1, -0.05) is 11.6 Å². The minimum Gasteiger partial charge on any atom is -0.477 e. The van der Waals surface area contributed by atoms with Gasteiger partial charge in [0.25, 0.3) is 0 Å². The zero-order chi connectivity index (χ0) is 10.8. The van der Waals surface area contributed by atoms with Crippen molar-refractivity contribution in [3.63, 3.8) is 0 Å². The molecule has 1 saturated heterocycles. The Balaban J connectivity index is 2.34. The Morgan fingerprint density at radius 1 is 1.60 bits per heavy atom. The molecular formula is C9H9ClN2O3. The van der Waals surface area contributed by atoms with E-state index in [0.717, 1.165) is 6.42 Å². The lowest BCUT2D eigenvalue weighted by Gasteiger charge is -2.06. The van der Waals surface area contributed by atoms with Gasteiger partial charge in [-0.3, -0.25) is 0 Å². The van der Waals surface area contributed by atoms with E-state index in [4.69, 9.17) is 21.4 Å². The zero-order valence-electron chi connectivity index (χ0n) is 7.81. The first-order valence-electron chi connectivity index (χ1n) is 4.52. The van der Waals surface area contributed by atoms with Gasteiger partial charge in [0, 0.05) is 18.6 Å². The summed E-state index contributed by atoms with van der Waals surface area (Å²) in [5.74, 6) is -0.585. The van der Waals surface area contributed by atoms with E-state index in [2.05, 4.69) is 9.97 Å². The van der Waals surface area contributed by atoms with Crippen LogP contribution in [0.15, 0.2) is 6.07 Å². The molecule has 15 heavy (non-hydrogen) atoms. The van der Waals surface area contributed by atoms with Gasteiger partial charge in [0.15, 0.2) is 5.69 Å². The number of carbonyl (C=O) groups is 1. The standard InChI is InChI=1S/C9H9ClN2O3/c10-7-3-6(9(13)14)11-8(12-7)5-1-2-15-4-5/h3,5H,1-2,4H2,(H,13,14). The summed E-state index contributed by atoms with van der Waals surface area (Å²) in [6.07, 6.45) is 0.805. The van der Waals surface area contributed by atoms with Crippen LogP contribution >= 0.6 is 11.6 Å². The second-order valence-corrected chi connectivity index (χ2v) is 3.69. The van der Waals surface area contributed by atoms with Crippen LogP contribution < -0.4 is 0 Å². The molecule has 6 heteroatoms. The van der Waals surface area contributed by atoms with Crippen LogP contribution in [0.5, 0.6) is 0 Å². The van der Waals surface area contributed by atoms with Gasteiger partial charge in [-0.15, -0.1) is 0 Å². The number of carboxylic acid groups (broad SMARTS) is 1. The van der Waals surface area contributed by atoms with Crippen molar-refractivity contribution in [3.05, 3.63) is 22.7 Å². The molecule has 80 valence electrons. The molecule has 1 aromatic rings. The molecule has 2 rings (SSSR count). The lowest BCUT2D eigenvalue weighted by Crippen LogP contribution is -2.09. The van der Waals surface area contributed by atoms with Crippen molar-refractivity contribution in [1.82, 2.24) is 9.97 Å². The number of carboxylic acids is 1. The van der Waals surface area contributed by atoms with E-state index >= 15 is 0 Å². The maximum absolute atomic E-state index is 10.7. The number of hydrogen-bond acceptors (Lipinski definition) is 4. The summed E-state index contributed by atoms with van der Waals surface area (Å²) in [5, 5.41) is 8.95. The van der Waals surface area contributed by atoms with Crippen molar-refractivity contribution in [2.45, 2.75) is 12.3 Å². The lowest BCUT2D eigenvalue weighted by molar-refractivity contribution is 0.0689. The smallest absolute Gasteiger partial charge is 0.354 e. The van der Waals surface area contributed by atoms with Gasteiger partial charge >= 0.3 is 5.97 Å². The van der Waals surface area contributed by atoms with Crippen molar-refractivity contribution in [2.24, 2.45) is 0 Å². The maximum atomic E-state index is 10.7. The molecule has 0 amide bonds. The molecule has 0 bridgehead atoms. The predicted molar refractivity (Wildman–Crippen MR) is 52.2 cm³/mol. The summed E-state index contributed by atoms with van der Waals surface area (Å²) < 4.78 is 5.18. The van der Waals surface area contributed by atoms with Crippen LogP contribution in [0.3, 0.4) is 0 Å². The van der Waals surface area contributed by atoms with Crippen LogP contribution in [0.1, 0.15) is 28.7 Å². The molecule has 1 atom stereocenters. The van der Waals surface area contributed by atoms with Crippen LogP contribution in [-0.4, -0.2) is 34.3 Å². The molecule has 1 fully saturated rings. The quantitative estimate of drug-likeness (QED) is 0.774. The molecule has 1 N–H and O–H groups in total. The molecule has 1 aliphatic rings. The summed E-state index contributed by atoms with van der Waals surface area (Å²) >= 11 is 5.72. The first-order chi connectivity index (χ1) is 7.16. The van der Waals surface area contributed by atoms with Crippen molar-refractivity contribution in [2.75, 3.05) is 13.2 Å². The van der Waals surface area contributed by atoms with Gasteiger partial charge < -0.3 is 9.84 Å². The first kappa shape index (κ1) is 10.3. The molecular weight excluding hydrogens is 220 g/mol.